The van der Waals surface area contributed by atoms with Crippen LogP contribution in [0, 0.1) is 5.82 Å². The Labute approximate surface area is 146 Å². The molecule has 8 heteroatoms. The summed E-state index contributed by atoms with van der Waals surface area (Å²) in [6.45, 7) is 0.239. The lowest BCUT2D eigenvalue weighted by Crippen LogP contribution is -2.06. The van der Waals surface area contributed by atoms with E-state index in [0.29, 0.717) is 17.1 Å². The molecule has 0 fully saturated rings. The van der Waals surface area contributed by atoms with Gasteiger partial charge in [0.15, 0.2) is 0 Å². The third-order valence-electron chi connectivity index (χ3n) is 3.54. The number of rotatable bonds is 5. The number of nitrogens with zero attached hydrogens (tertiary/aromatic N) is 2. The average molecular weight is 362 g/mol. The van der Waals surface area contributed by atoms with Crippen LogP contribution in [0.5, 0.6) is 0 Å². The van der Waals surface area contributed by atoms with Crippen molar-refractivity contribution < 1.29 is 17.6 Å². The van der Waals surface area contributed by atoms with Crippen LogP contribution >= 0.6 is 0 Å². The van der Waals surface area contributed by atoms with Crippen LogP contribution in [0.1, 0.15) is 11.1 Å². The lowest BCUT2D eigenvalue weighted by Gasteiger charge is -2.10. The molecule has 3 rings (SSSR count). The van der Waals surface area contributed by atoms with E-state index in [4.69, 9.17) is 0 Å². The first-order valence-corrected chi connectivity index (χ1v) is 7.66. The van der Waals surface area contributed by atoms with Crippen LogP contribution in [0.15, 0.2) is 60.8 Å². The molecule has 0 bridgehead atoms. The van der Waals surface area contributed by atoms with E-state index < -0.39 is 11.7 Å². The molecule has 0 radical (unpaired) electrons. The van der Waals surface area contributed by atoms with Gasteiger partial charge in [0, 0.05) is 24.0 Å². The van der Waals surface area contributed by atoms with Crippen molar-refractivity contribution in [3.05, 3.63) is 77.7 Å². The van der Waals surface area contributed by atoms with Crippen LogP contribution in [0.25, 0.3) is 0 Å². The fraction of sp³-hybridized carbons (Fsp3) is 0.111. The van der Waals surface area contributed by atoms with Gasteiger partial charge in [0.1, 0.15) is 11.6 Å². The number of anilines is 3. The van der Waals surface area contributed by atoms with Crippen molar-refractivity contribution in [3.8, 4) is 0 Å². The summed E-state index contributed by atoms with van der Waals surface area (Å²) in [5, 5.41) is 5.81. The number of halogens is 4. The number of alkyl halides is 3. The molecule has 0 amide bonds. The predicted molar refractivity (Wildman–Crippen MR) is 90.5 cm³/mol. The normalized spacial score (nSPS) is 11.2. The third kappa shape index (κ3) is 4.47. The predicted octanol–water partition coefficient (Wildman–Crippen LogP) is 4.99. The first-order valence-electron chi connectivity index (χ1n) is 7.66. The molecule has 1 aromatic heterocycles. The van der Waals surface area contributed by atoms with Gasteiger partial charge < -0.3 is 10.6 Å². The summed E-state index contributed by atoms with van der Waals surface area (Å²) in [4.78, 5) is 8.23. The smallest absolute Gasteiger partial charge is 0.366 e. The topological polar surface area (TPSA) is 49.8 Å². The Hall–Kier alpha value is -3.16. The van der Waals surface area contributed by atoms with Gasteiger partial charge in [0.05, 0.1) is 5.56 Å². The molecule has 4 nitrogen and oxygen atoms in total. The molecule has 0 saturated carbocycles. The highest BCUT2D eigenvalue weighted by Crippen LogP contribution is 2.30. The van der Waals surface area contributed by atoms with Crippen LogP contribution in [-0.4, -0.2) is 9.97 Å². The number of benzene rings is 2. The largest absolute Gasteiger partial charge is 0.416 e. The Balaban J connectivity index is 1.66. The molecule has 0 unspecified atom stereocenters. The van der Waals surface area contributed by atoms with Crippen LogP contribution in [0.3, 0.4) is 0 Å². The molecule has 2 aromatic carbocycles. The highest BCUT2D eigenvalue weighted by molar-refractivity contribution is 5.55. The Morgan fingerprint density at radius 1 is 0.923 bits per heavy atom. The number of nitrogens with one attached hydrogen (secondary N) is 2. The van der Waals surface area contributed by atoms with Crippen LogP contribution in [0.2, 0.25) is 0 Å². The highest BCUT2D eigenvalue weighted by atomic mass is 19.4. The molecule has 3 aromatic rings. The SMILES string of the molecule is Fc1ccccc1CNc1ccnc(Nc2ccc(C(F)(F)F)cc2)n1. The average Bonchev–Trinajstić information content (AvgIpc) is 2.61. The maximum absolute atomic E-state index is 13.6. The molecular weight excluding hydrogens is 348 g/mol. The second-order valence-corrected chi connectivity index (χ2v) is 5.41. The van der Waals surface area contributed by atoms with Crippen LogP contribution in [0.4, 0.5) is 35.0 Å². The summed E-state index contributed by atoms with van der Waals surface area (Å²) in [5.41, 5.74) is 0.178. The Morgan fingerprint density at radius 3 is 2.35 bits per heavy atom. The van der Waals surface area contributed by atoms with Crippen molar-refractivity contribution in [2.24, 2.45) is 0 Å². The maximum Gasteiger partial charge on any atom is 0.416 e. The highest BCUT2D eigenvalue weighted by Gasteiger charge is 2.29. The summed E-state index contributed by atoms with van der Waals surface area (Å²) in [6, 6.07) is 12.5. The van der Waals surface area contributed by atoms with E-state index in [1.54, 1.807) is 24.3 Å². The molecule has 0 aliphatic heterocycles. The van der Waals surface area contributed by atoms with Gasteiger partial charge in [0.2, 0.25) is 5.95 Å². The number of hydrogen-bond acceptors (Lipinski definition) is 4. The van der Waals surface area contributed by atoms with Gasteiger partial charge in [-0.15, -0.1) is 0 Å². The minimum Gasteiger partial charge on any atom is -0.366 e. The summed E-state index contributed by atoms with van der Waals surface area (Å²) >= 11 is 0. The minimum absolute atomic E-state index is 0.211. The lowest BCUT2D eigenvalue weighted by atomic mass is 10.2. The zero-order valence-corrected chi connectivity index (χ0v) is 13.4. The van der Waals surface area contributed by atoms with Gasteiger partial charge in [0.25, 0.3) is 0 Å². The zero-order chi connectivity index (χ0) is 18.6. The first kappa shape index (κ1) is 17.7. The first-order chi connectivity index (χ1) is 12.4. The molecule has 0 aliphatic carbocycles. The van der Waals surface area contributed by atoms with Crippen molar-refractivity contribution in [3.63, 3.8) is 0 Å². The van der Waals surface area contributed by atoms with Crippen molar-refractivity contribution >= 4 is 17.5 Å². The molecule has 0 saturated heterocycles. The molecule has 0 spiro atoms. The van der Waals surface area contributed by atoms with Crippen LogP contribution < -0.4 is 10.6 Å². The van der Waals surface area contributed by atoms with Gasteiger partial charge >= 0.3 is 6.18 Å². The van der Waals surface area contributed by atoms with Crippen molar-refractivity contribution in [1.82, 2.24) is 9.97 Å². The summed E-state index contributed by atoms with van der Waals surface area (Å²) < 4.78 is 51.3. The molecular formula is C18H14F4N4. The molecule has 1 heterocycles. The van der Waals surface area contributed by atoms with Crippen molar-refractivity contribution in [2.45, 2.75) is 12.7 Å². The monoisotopic (exact) mass is 362 g/mol. The summed E-state index contributed by atoms with van der Waals surface area (Å²) in [5.74, 6) is 0.345. The van der Waals surface area contributed by atoms with Gasteiger partial charge in [-0.05, 0) is 36.4 Å². The fourth-order valence-corrected chi connectivity index (χ4v) is 2.22. The van der Waals surface area contributed by atoms with Crippen molar-refractivity contribution in [1.29, 1.82) is 0 Å². The van der Waals surface area contributed by atoms with E-state index in [2.05, 4.69) is 20.6 Å². The molecule has 0 atom stereocenters. The maximum atomic E-state index is 13.6. The van der Waals surface area contributed by atoms with E-state index in [1.165, 1.54) is 24.4 Å². The van der Waals surface area contributed by atoms with E-state index in [0.717, 1.165) is 12.1 Å². The zero-order valence-electron chi connectivity index (χ0n) is 13.4. The van der Waals surface area contributed by atoms with Crippen LogP contribution in [-0.2, 0) is 12.7 Å². The van der Waals surface area contributed by atoms with E-state index in [1.807, 2.05) is 0 Å². The number of aromatic nitrogens is 2. The van der Waals surface area contributed by atoms with Gasteiger partial charge in [-0.2, -0.15) is 18.2 Å². The Kier molecular flexibility index (Phi) is 5.01. The van der Waals surface area contributed by atoms with Crippen molar-refractivity contribution in [2.75, 3.05) is 10.6 Å². The van der Waals surface area contributed by atoms with Gasteiger partial charge in [-0.25, -0.2) is 9.37 Å². The van der Waals surface area contributed by atoms with Gasteiger partial charge in [-0.1, -0.05) is 18.2 Å². The molecule has 26 heavy (non-hydrogen) atoms. The van der Waals surface area contributed by atoms with E-state index >= 15 is 0 Å². The third-order valence-corrected chi connectivity index (χ3v) is 3.54. The minimum atomic E-state index is -4.38. The second kappa shape index (κ2) is 7.38. The second-order valence-electron chi connectivity index (χ2n) is 5.41. The molecule has 134 valence electrons. The molecule has 0 aliphatic rings. The van der Waals surface area contributed by atoms with E-state index in [-0.39, 0.29) is 18.3 Å². The number of hydrogen-bond donors (Lipinski definition) is 2. The Morgan fingerprint density at radius 2 is 1.65 bits per heavy atom. The lowest BCUT2D eigenvalue weighted by molar-refractivity contribution is -0.137. The summed E-state index contributed by atoms with van der Waals surface area (Å²) in [7, 11) is 0. The van der Waals surface area contributed by atoms with E-state index in [9.17, 15) is 17.6 Å². The van der Waals surface area contributed by atoms with Gasteiger partial charge in [-0.3, -0.25) is 0 Å². The standard InChI is InChI=1S/C18H14F4N4/c19-15-4-2-1-3-12(15)11-24-16-9-10-23-17(26-16)25-14-7-5-13(6-8-14)18(20,21)22/h1-10H,11H2,(H2,23,24,25,26). The summed E-state index contributed by atoms with van der Waals surface area (Å²) in [6.07, 6.45) is -2.89. The quantitative estimate of drug-likeness (QED) is 0.628. The Bertz CT molecular complexity index is 879. The fourth-order valence-electron chi connectivity index (χ4n) is 2.22. The molecule has 2 N–H and O–H groups in total.